The molecule has 2 amide bonds. The molecule has 24 heavy (non-hydrogen) atoms. The van der Waals surface area contributed by atoms with E-state index in [4.69, 9.17) is 4.74 Å². The van der Waals surface area contributed by atoms with E-state index < -0.39 is 0 Å². The van der Waals surface area contributed by atoms with Crippen molar-refractivity contribution in [2.75, 3.05) is 26.7 Å². The number of rotatable bonds is 5. The average Bonchev–Trinajstić information content (AvgIpc) is 3.16. The molecule has 0 saturated carbocycles. The van der Waals surface area contributed by atoms with Gasteiger partial charge in [-0.15, -0.1) is 0 Å². The van der Waals surface area contributed by atoms with Crippen molar-refractivity contribution in [1.29, 1.82) is 0 Å². The SMILES string of the molecule is CN1C[C@H](C(=O)N(Cc2cccc(F)c2)C[C@H]2CCCO2)CC1=O. The Morgan fingerprint density at radius 2 is 2.29 bits per heavy atom. The second kappa shape index (κ2) is 7.30. The van der Waals surface area contributed by atoms with Crippen LogP contribution in [0.25, 0.3) is 0 Å². The van der Waals surface area contributed by atoms with Crippen molar-refractivity contribution >= 4 is 11.8 Å². The molecule has 0 radical (unpaired) electrons. The number of nitrogens with zero attached hydrogens (tertiary/aromatic N) is 2. The molecule has 0 aliphatic carbocycles. The number of hydrogen-bond donors (Lipinski definition) is 0. The zero-order valence-corrected chi connectivity index (χ0v) is 13.9. The summed E-state index contributed by atoms with van der Waals surface area (Å²) in [6.45, 7) is 1.99. The van der Waals surface area contributed by atoms with Crippen LogP contribution in [0.1, 0.15) is 24.8 Å². The highest BCUT2D eigenvalue weighted by molar-refractivity contribution is 5.89. The molecule has 6 heteroatoms. The molecular weight excluding hydrogens is 311 g/mol. The predicted molar refractivity (Wildman–Crippen MR) is 86.5 cm³/mol. The minimum atomic E-state index is -0.322. The Morgan fingerprint density at radius 1 is 1.46 bits per heavy atom. The fraction of sp³-hybridized carbons (Fsp3) is 0.556. The normalized spacial score (nSPS) is 23.8. The molecule has 2 aliphatic rings. The number of halogens is 1. The van der Waals surface area contributed by atoms with Crippen LogP contribution in [0, 0.1) is 11.7 Å². The summed E-state index contributed by atoms with van der Waals surface area (Å²) in [5, 5.41) is 0. The first-order valence-electron chi connectivity index (χ1n) is 8.41. The Hall–Kier alpha value is -1.95. The van der Waals surface area contributed by atoms with E-state index in [0.29, 0.717) is 19.6 Å². The zero-order chi connectivity index (χ0) is 17.1. The predicted octanol–water partition coefficient (Wildman–Crippen LogP) is 1.81. The van der Waals surface area contributed by atoms with Crippen LogP contribution < -0.4 is 0 Å². The van der Waals surface area contributed by atoms with Gasteiger partial charge in [-0.3, -0.25) is 9.59 Å². The minimum absolute atomic E-state index is 0.00354. The molecule has 1 aromatic carbocycles. The fourth-order valence-electron chi connectivity index (χ4n) is 3.41. The molecule has 130 valence electrons. The van der Waals surface area contributed by atoms with Crippen LogP contribution in [0.3, 0.4) is 0 Å². The lowest BCUT2D eigenvalue weighted by Crippen LogP contribution is -2.41. The smallest absolute Gasteiger partial charge is 0.228 e. The monoisotopic (exact) mass is 334 g/mol. The lowest BCUT2D eigenvalue weighted by molar-refractivity contribution is -0.138. The van der Waals surface area contributed by atoms with E-state index in [-0.39, 0.29) is 36.1 Å². The maximum Gasteiger partial charge on any atom is 0.228 e. The van der Waals surface area contributed by atoms with Crippen molar-refractivity contribution in [3.63, 3.8) is 0 Å². The molecule has 2 saturated heterocycles. The molecule has 3 rings (SSSR count). The van der Waals surface area contributed by atoms with Crippen LogP contribution >= 0.6 is 0 Å². The largest absolute Gasteiger partial charge is 0.376 e. The Morgan fingerprint density at radius 3 is 2.92 bits per heavy atom. The van der Waals surface area contributed by atoms with Crippen molar-refractivity contribution in [3.05, 3.63) is 35.6 Å². The third-order valence-corrected chi connectivity index (χ3v) is 4.71. The summed E-state index contributed by atoms with van der Waals surface area (Å²) in [6, 6.07) is 6.29. The third kappa shape index (κ3) is 3.93. The molecule has 2 atom stereocenters. The van der Waals surface area contributed by atoms with E-state index in [2.05, 4.69) is 0 Å². The Labute approximate surface area is 141 Å². The van der Waals surface area contributed by atoms with Crippen LogP contribution in [0.5, 0.6) is 0 Å². The molecule has 0 bridgehead atoms. The van der Waals surface area contributed by atoms with Crippen molar-refractivity contribution in [2.24, 2.45) is 5.92 Å². The van der Waals surface area contributed by atoms with Gasteiger partial charge in [-0.1, -0.05) is 12.1 Å². The maximum absolute atomic E-state index is 13.4. The highest BCUT2D eigenvalue weighted by atomic mass is 19.1. The van der Waals surface area contributed by atoms with Crippen molar-refractivity contribution in [1.82, 2.24) is 9.80 Å². The molecule has 0 aromatic heterocycles. The summed E-state index contributed by atoms with van der Waals surface area (Å²) in [5.74, 6) is -0.686. The van der Waals surface area contributed by atoms with Crippen molar-refractivity contribution in [2.45, 2.75) is 31.9 Å². The van der Waals surface area contributed by atoms with Crippen LogP contribution in [0.2, 0.25) is 0 Å². The number of likely N-dealkylation sites (tertiary alicyclic amines) is 1. The molecule has 0 spiro atoms. The summed E-state index contributed by atoms with van der Waals surface area (Å²) >= 11 is 0. The second-order valence-electron chi connectivity index (χ2n) is 6.66. The van der Waals surface area contributed by atoms with Gasteiger partial charge in [-0.25, -0.2) is 4.39 Å². The molecule has 0 N–H and O–H groups in total. The minimum Gasteiger partial charge on any atom is -0.376 e. The summed E-state index contributed by atoms with van der Waals surface area (Å²) in [6.07, 6.45) is 2.20. The molecule has 2 fully saturated rings. The van der Waals surface area contributed by atoms with Gasteiger partial charge in [0.2, 0.25) is 11.8 Å². The molecule has 5 nitrogen and oxygen atoms in total. The van der Waals surface area contributed by atoms with Gasteiger partial charge in [0.05, 0.1) is 12.0 Å². The number of amides is 2. The number of ether oxygens (including phenoxy) is 1. The van der Waals surface area contributed by atoms with E-state index in [1.54, 1.807) is 22.9 Å². The molecular formula is C18H23FN2O3. The first kappa shape index (κ1) is 16.9. The summed E-state index contributed by atoms with van der Waals surface area (Å²) in [7, 11) is 1.71. The van der Waals surface area contributed by atoms with Crippen LogP contribution in [0.15, 0.2) is 24.3 Å². The number of hydrogen-bond acceptors (Lipinski definition) is 3. The van der Waals surface area contributed by atoms with Crippen molar-refractivity contribution in [3.8, 4) is 0 Å². The Balaban J connectivity index is 1.73. The highest BCUT2D eigenvalue weighted by Crippen LogP contribution is 2.22. The van der Waals surface area contributed by atoms with E-state index in [1.807, 2.05) is 6.07 Å². The third-order valence-electron chi connectivity index (χ3n) is 4.71. The number of carbonyl (C=O) groups is 2. The lowest BCUT2D eigenvalue weighted by atomic mass is 10.1. The van der Waals surface area contributed by atoms with Gasteiger partial charge < -0.3 is 14.5 Å². The second-order valence-corrected chi connectivity index (χ2v) is 6.66. The van der Waals surface area contributed by atoms with Crippen LogP contribution in [-0.4, -0.2) is 54.5 Å². The van der Waals surface area contributed by atoms with Gasteiger partial charge >= 0.3 is 0 Å². The van der Waals surface area contributed by atoms with Gasteiger partial charge in [0.15, 0.2) is 0 Å². The van der Waals surface area contributed by atoms with Gasteiger partial charge in [0.1, 0.15) is 5.82 Å². The van der Waals surface area contributed by atoms with E-state index in [0.717, 1.165) is 25.0 Å². The molecule has 1 aromatic rings. The number of benzene rings is 1. The molecule has 2 aliphatic heterocycles. The quantitative estimate of drug-likeness (QED) is 0.825. The van der Waals surface area contributed by atoms with Crippen molar-refractivity contribution < 1.29 is 18.7 Å². The highest BCUT2D eigenvalue weighted by Gasteiger charge is 2.35. The number of carbonyl (C=O) groups excluding carboxylic acids is 2. The van der Waals surface area contributed by atoms with Gasteiger partial charge in [0, 0.05) is 39.7 Å². The topological polar surface area (TPSA) is 49.9 Å². The van der Waals surface area contributed by atoms with Crippen LogP contribution in [0.4, 0.5) is 4.39 Å². The lowest BCUT2D eigenvalue weighted by Gasteiger charge is -2.28. The van der Waals surface area contributed by atoms with Gasteiger partial charge in [-0.2, -0.15) is 0 Å². The standard InChI is InChI=1S/C18H23FN2O3/c1-20-11-14(9-17(20)22)18(23)21(12-16-6-3-7-24-16)10-13-4-2-5-15(19)8-13/h2,4-5,8,14,16H,3,6-7,9-12H2,1H3/t14-,16-/m1/s1. The summed E-state index contributed by atoms with van der Waals surface area (Å²) < 4.78 is 19.1. The Bertz CT molecular complexity index is 616. The summed E-state index contributed by atoms with van der Waals surface area (Å²) in [5.41, 5.74) is 0.749. The first-order chi connectivity index (χ1) is 11.5. The van der Waals surface area contributed by atoms with Gasteiger partial charge in [-0.05, 0) is 30.5 Å². The van der Waals surface area contributed by atoms with Gasteiger partial charge in [0.25, 0.3) is 0 Å². The molecule has 2 heterocycles. The van der Waals surface area contributed by atoms with E-state index in [9.17, 15) is 14.0 Å². The van der Waals surface area contributed by atoms with E-state index in [1.165, 1.54) is 12.1 Å². The van der Waals surface area contributed by atoms with E-state index >= 15 is 0 Å². The Kier molecular flexibility index (Phi) is 5.14. The molecule has 0 unspecified atom stereocenters. The maximum atomic E-state index is 13.4. The first-order valence-corrected chi connectivity index (χ1v) is 8.41. The van der Waals surface area contributed by atoms with Crippen LogP contribution in [-0.2, 0) is 20.9 Å². The summed E-state index contributed by atoms with van der Waals surface area (Å²) in [4.78, 5) is 28.0. The fourth-order valence-corrected chi connectivity index (χ4v) is 3.41. The average molecular weight is 334 g/mol. The zero-order valence-electron chi connectivity index (χ0n) is 13.9.